The summed E-state index contributed by atoms with van der Waals surface area (Å²) >= 11 is 0.969. The van der Waals surface area contributed by atoms with Crippen LogP contribution in [0.5, 0.6) is 0 Å². The molecule has 0 aliphatic rings. The smallest absolute Gasteiger partial charge is 0.357 e. The first-order chi connectivity index (χ1) is 12.3. The van der Waals surface area contributed by atoms with Crippen LogP contribution in [0.1, 0.15) is 37.3 Å². The number of aromatic nitrogens is 3. The third-order valence-corrected chi connectivity index (χ3v) is 4.18. The van der Waals surface area contributed by atoms with E-state index in [4.69, 9.17) is 0 Å². The maximum Gasteiger partial charge on any atom is 0.434 e. The molecule has 0 saturated carbocycles. The highest BCUT2D eigenvalue weighted by Gasteiger charge is 2.33. The Hall–Kier alpha value is -2.10. The molecule has 0 spiro atoms. The van der Waals surface area contributed by atoms with Crippen LogP contribution in [0, 0.1) is 5.92 Å². The highest BCUT2D eigenvalue weighted by atomic mass is 32.1. The van der Waals surface area contributed by atoms with Crippen LogP contribution in [0.2, 0.25) is 0 Å². The number of alkyl halides is 3. The number of thiazole rings is 1. The van der Waals surface area contributed by atoms with Gasteiger partial charge >= 0.3 is 6.18 Å². The first-order valence-electron chi connectivity index (χ1n) is 8.33. The fourth-order valence-electron chi connectivity index (χ4n) is 2.22. The lowest BCUT2D eigenvalue weighted by atomic mass is 10.2. The molecule has 2 aromatic rings. The van der Waals surface area contributed by atoms with Crippen molar-refractivity contribution in [3.05, 3.63) is 34.3 Å². The summed E-state index contributed by atoms with van der Waals surface area (Å²) in [6.45, 7) is 8.21. The fourth-order valence-corrected chi connectivity index (χ4v) is 2.97. The number of imidazole rings is 1. The highest BCUT2D eigenvalue weighted by Crippen LogP contribution is 2.29. The number of rotatable bonds is 7. The van der Waals surface area contributed by atoms with Crippen molar-refractivity contribution in [2.45, 2.75) is 46.6 Å². The number of hydrogen-bond acceptors (Lipinski definition) is 4. The summed E-state index contributed by atoms with van der Waals surface area (Å²) in [4.78, 5) is 12.4. The largest absolute Gasteiger partial charge is 0.434 e. The molecule has 0 radical (unpaired) electrons. The van der Waals surface area contributed by atoms with Crippen molar-refractivity contribution in [3.8, 4) is 0 Å². The summed E-state index contributed by atoms with van der Waals surface area (Å²) in [5.74, 6) is 1.84. The molecule has 0 saturated heterocycles. The van der Waals surface area contributed by atoms with Gasteiger partial charge in [0.25, 0.3) is 0 Å². The second-order valence-electron chi connectivity index (χ2n) is 6.06. The molecule has 2 rings (SSSR count). The Kier molecular flexibility index (Phi) is 7.01. The van der Waals surface area contributed by atoms with Gasteiger partial charge in [0.05, 0.1) is 6.54 Å². The van der Waals surface area contributed by atoms with Crippen molar-refractivity contribution >= 4 is 17.3 Å². The average Bonchev–Trinajstić information content (AvgIpc) is 3.18. The molecule has 2 aromatic heterocycles. The molecule has 0 bridgehead atoms. The minimum absolute atomic E-state index is 0.174. The van der Waals surface area contributed by atoms with Crippen LogP contribution < -0.4 is 10.6 Å². The lowest BCUT2D eigenvalue weighted by Gasteiger charge is -2.12. The molecule has 0 unspecified atom stereocenters. The summed E-state index contributed by atoms with van der Waals surface area (Å²) in [7, 11) is 0. The minimum atomic E-state index is -4.42. The molecule has 0 amide bonds. The molecule has 144 valence electrons. The normalized spacial score (nSPS) is 12.7. The Labute approximate surface area is 154 Å². The standard InChI is InChI=1S/C16H23F3N6S/c1-4-20-15(22-7-13-21-5-6-25(13)9-11(2)3)23-8-14-24-12(10-26-14)16(17,18)19/h5-6,10-11H,4,7-9H2,1-3H3,(H2,20,22,23). The van der Waals surface area contributed by atoms with Crippen LogP contribution in [0.15, 0.2) is 22.8 Å². The van der Waals surface area contributed by atoms with E-state index in [1.807, 2.05) is 17.7 Å². The second-order valence-corrected chi connectivity index (χ2v) is 7.01. The van der Waals surface area contributed by atoms with E-state index in [9.17, 15) is 13.2 Å². The number of halogens is 3. The lowest BCUT2D eigenvalue weighted by molar-refractivity contribution is -0.140. The first-order valence-corrected chi connectivity index (χ1v) is 9.21. The molecule has 10 heteroatoms. The molecule has 2 heterocycles. The minimum Gasteiger partial charge on any atom is -0.357 e. The summed E-state index contributed by atoms with van der Waals surface area (Å²) < 4.78 is 39.9. The van der Waals surface area contributed by atoms with E-state index in [0.29, 0.717) is 30.0 Å². The van der Waals surface area contributed by atoms with Gasteiger partial charge in [0.2, 0.25) is 0 Å². The molecular formula is C16H23F3N6S. The predicted octanol–water partition coefficient (Wildman–Crippen LogP) is 3.27. The number of nitrogens with zero attached hydrogens (tertiary/aromatic N) is 4. The van der Waals surface area contributed by atoms with Gasteiger partial charge in [-0.2, -0.15) is 13.2 Å². The average molecular weight is 388 g/mol. The molecule has 6 nitrogen and oxygen atoms in total. The molecule has 0 fully saturated rings. The Morgan fingerprint density at radius 1 is 1.35 bits per heavy atom. The second kappa shape index (κ2) is 9.02. The van der Waals surface area contributed by atoms with Crippen LogP contribution in [0.4, 0.5) is 13.2 Å². The highest BCUT2D eigenvalue weighted by molar-refractivity contribution is 7.09. The molecule has 0 aliphatic heterocycles. The third-order valence-electron chi connectivity index (χ3n) is 3.34. The zero-order valence-electron chi connectivity index (χ0n) is 15.0. The zero-order valence-corrected chi connectivity index (χ0v) is 15.8. The molecule has 0 aliphatic carbocycles. The molecule has 2 N–H and O–H groups in total. The number of guanidine groups is 1. The van der Waals surface area contributed by atoms with E-state index in [0.717, 1.165) is 29.1 Å². The van der Waals surface area contributed by atoms with Gasteiger partial charge in [-0.3, -0.25) is 0 Å². The van der Waals surface area contributed by atoms with Gasteiger partial charge in [0.15, 0.2) is 11.7 Å². The van der Waals surface area contributed by atoms with Crippen molar-refractivity contribution in [2.75, 3.05) is 6.54 Å². The van der Waals surface area contributed by atoms with Gasteiger partial charge in [0, 0.05) is 30.9 Å². The van der Waals surface area contributed by atoms with Crippen LogP contribution in [-0.4, -0.2) is 27.0 Å². The third kappa shape index (κ3) is 6.01. The van der Waals surface area contributed by atoms with Crippen LogP contribution in [0.25, 0.3) is 0 Å². The quantitative estimate of drug-likeness (QED) is 0.564. The SMILES string of the molecule is CCNC(=NCc1nccn1CC(C)C)NCc1nc(C(F)(F)F)cs1. The lowest BCUT2D eigenvalue weighted by Crippen LogP contribution is -2.36. The number of hydrogen-bond donors (Lipinski definition) is 2. The van der Waals surface area contributed by atoms with Gasteiger partial charge in [0.1, 0.15) is 17.4 Å². The predicted molar refractivity (Wildman–Crippen MR) is 95.8 cm³/mol. The fraction of sp³-hybridized carbons (Fsp3) is 0.562. The zero-order chi connectivity index (χ0) is 19.2. The van der Waals surface area contributed by atoms with Crippen molar-refractivity contribution in [1.82, 2.24) is 25.2 Å². The first kappa shape index (κ1) is 20.2. The Bertz CT molecular complexity index is 720. The van der Waals surface area contributed by atoms with E-state index in [-0.39, 0.29) is 6.54 Å². The number of nitrogens with one attached hydrogen (secondary N) is 2. The molecule has 26 heavy (non-hydrogen) atoms. The van der Waals surface area contributed by atoms with Gasteiger partial charge in [-0.15, -0.1) is 11.3 Å². The Morgan fingerprint density at radius 2 is 2.12 bits per heavy atom. The summed E-state index contributed by atoms with van der Waals surface area (Å²) in [6.07, 6.45) is -0.762. The maximum absolute atomic E-state index is 12.6. The van der Waals surface area contributed by atoms with Gasteiger partial charge in [-0.05, 0) is 12.8 Å². The van der Waals surface area contributed by atoms with Gasteiger partial charge in [-0.25, -0.2) is 15.0 Å². The van der Waals surface area contributed by atoms with E-state index in [2.05, 4.69) is 39.4 Å². The summed E-state index contributed by atoms with van der Waals surface area (Å²) in [6, 6.07) is 0. The van der Waals surface area contributed by atoms with Crippen molar-refractivity contribution in [1.29, 1.82) is 0 Å². The summed E-state index contributed by atoms with van der Waals surface area (Å²) in [5.41, 5.74) is -0.864. The maximum atomic E-state index is 12.6. The van der Waals surface area contributed by atoms with Gasteiger partial charge in [-0.1, -0.05) is 13.8 Å². The van der Waals surface area contributed by atoms with Crippen LogP contribution >= 0.6 is 11.3 Å². The molecular weight excluding hydrogens is 365 g/mol. The Morgan fingerprint density at radius 3 is 2.73 bits per heavy atom. The van der Waals surface area contributed by atoms with Crippen molar-refractivity contribution < 1.29 is 13.2 Å². The van der Waals surface area contributed by atoms with E-state index in [1.165, 1.54) is 0 Å². The van der Waals surface area contributed by atoms with Gasteiger partial charge < -0.3 is 15.2 Å². The Balaban J connectivity index is 1.99. The van der Waals surface area contributed by atoms with Crippen molar-refractivity contribution in [2.24, 2.45) is 10.9 Å². The topological polar surface area (TPSA) is 67.1 Å². The summed E-state index contributed by atoms with van der Waals surface area (Å²) in [5, 5.41) is 7.44. The van der Waals surface area contributed by atoms with E-state index < -0.39 is 11.9 Å². The van der Waals surface area contributed by atoms with Crippen molar-refractivity contribution in [3.63, 3.8) is 0 Å². The van der Waals surface area contributed by atoms with E-state index >= 15 is 0 Å². The molecule has 0 aromatic carbocycles. The van der Waals surface area contributed by atoms with Crippen LogP contribution in [-0.2, 0) is 25.8 Å². The monoisotopic (exact) mass is 388 g/mol. The molecule has 0 atom stereocenters. The van der Waals surface area contributed by atoms with Crippen LogP contribution in [0.3, 0.4) is 0 Å². The van der Waals surface area contributed by atoms with E-state index in [1.54, 1.807) is 6.20 Å². The number of aliphatic imine (C=N–C) groups is 1.